The second-order valence-electron chi connectivity index (χ2n) is 16.8. The van der Waals surface area contributed by atoms with Crippen LogP contribution in [-0.2, 0) is 42.9 Å². The first kappa shape index (κ1) is 45.7. The molecule has 13 unspecified atom stereocenters. The number of amides is 1. The number of fused-ring (bicyclic) bond motifs is 3. The fourth-order valence-electron chi connectivity index (χ4n) is 9.12. The Morgan fingerprint density at radius 2 is 1.66 bits per heavy atom. The first-order valence-electron chi connectivity index (χ1n) is 20.5. The largest absolute Gasteiger partial charge is 0.456 e. The van der Waals surface area contributed by atoms with Crippen LogP contribution in [0, 0.1) is 29.6 Å². The molecule has 1 saturated carbocycles. The Balaban J connectivity index is 1.78. The van der Waals surface area contributed by atoms with Crippen LogP contribution < -0.4 is 0 Å². The van der Waals surface area contributed by atoms with Crippen molar-refractivity contribution in [2.75, 3.05) is 27.9 Å². The highest BCUT2D eigenvalue weighted by Crippen LogP contribution is 2.39. The number of cyclic esters (lactones) is 1. The lowest BCUT2D eigenvalue weighted by Crippen LogP contribution is -2.64. The molecule has 3 heterocycles. The van der Waals surface area contributed by atoms with E-state index < -0.39 is 77.8 Å². The lowest BCUT2D eigenvalue weighted by atomic mass is 9.82. The quantitative estimate of drug-likeness (QED) is 0.192. The maximum atomic E-state index is 14.3. The lowest BCUT2D eigenvalue weighted by molar-refractivity contribution is -0.302. The third-order valence-electron chi connectivity index (χ3n) is 12.4. The molecule has 56 heavy (non-hydrogen) atoms. The van der Waals surface area contributed by atoms with Gasteiger partial charge in [0.25, 0.3) is 11.7 Å². The fraction of sp³-hybridized carbons (Fsp3) is 0.727. The Morgan fingerprint density at radius 3 is 2.32 bits per heavy atom. The second kappa shape index (κ2) is 20.6. The number of hydrogen-bond donors (Lipinski definition) is 2. The summed E-state index contributed by atoms with van der Waals surface area (Å²) in [5, 5.41) is 22.4. The first-order chi connectivity index (χ1) is 26.6. The average Bonchev–Trinajstić information content (AvgIpc) is 3.18. The van der Waals surface area contributed by atoms with Gasteiger partial charge in [0.2, 0.25) is 5.79 Å². The molecule has 4 aliphatic rings. The molecule has 3 fully saturated rings. The molecule has 0 aromatic rings. The van der Waals surface area contributed by atoms with E-state index in [1.165, 1.54) is 19.1 Å². The van der Waals surface area contributed by atoms with Crippen molar-refractivity contribution < 1.29 is 53.1 Å². The minimum absolute atomic E-state index is 0.0469. The van der Waals surface area contributed by atoms with Gasteiger partial charge in [-0.25, -0.2) is 4.79 Å². The summed E-state index contributed by atoms with van der Waals surface area (Å²) in [5.74, 6) is -7.00. The molecular formula is C44H67NO11. The van der Waals surface area contributed by atoms with Gasteiger partial charge >= 0.3 is 5.97 Å². The van der Waals surface area contributed by atoms with Crippen molar-refractivity contribution in [1.82, 2.24) is 4.90 Å². The standard InChI is InChI=1S/C44H67NO11/c1-10-13-32-21-26(2)20-27(3)22-37(53-8)40-38(54-9)24-30(6)44(51,56-40)41(48)42(49)45-19-12-11-14-33(45)43(50)55-39(28(4)15-17-34(32)46)29(5)23-31-16-18-35(47)36(25-31)52-7/h10,15,17,21,23,27-28,30-33,35-40,47,51H,1,11-14,16,18-20,22,24-25H2,2-9H3/b17-15?,26-21?,29-23+. The van der Waals surface area contributed by atoms with Crippen molar-refractivity contribution >= 4 is 23.4 Å². The number of carbonyl (C=O) groups is 4. The highest BCUT2D eigenvalue weighted by molar-refractivity contribution is 6.39. The Morgan fingerprint density at radius 1 is 0.982 bits per heavy atom. The van der Waals surface area contributed by atoms with Gasteiger partial charge in [-0.15, -0.1) is 6.58 Å². The van der Waals surface area contributed by atoms with E-state index >= 15 is 0 Å². The van der Waals surface area contributed by atoms with Crippen LogP contribution in [0.3, 0.4) is 0 Å². The van der Waals surface area contributed by atoms with Gasteiger partial charge in [-0.3, -0.25) is 14.4 Å². The van der Waals surface area contributed by atoms with E-state index in [1.807, 2.05) is 26.8 Å². The number of piperidine rings is 1. The van der Waals surface area contributed by atoms with E-state index in [4.69, 9.17) is 23.7 Å². The molecule has 1 aliphatic carbocycles. The average molecular weight is 786 g/mol. The number of ketones is 2. The summed E-state index contributed by atoms with van der Waals surface area (Å²) in [6, 6.07) is -1.08. The van der Waals surface area contributed by atoms with Gasteiger partial charge in [-0.2, -0.15) is 0 Å². The van der Waals surface area contributed by atoms with E-state index in [2.05, 4.69) is 19.6 Å². The van der Waals surface area contributed by atoms with Crippen molar-refractivity contribution in [3.8, 4) is 0 Å². The van der Waals surface area contributed by atoms with Gasteiger partial charge in [0.1, 0.15) is 18.2 Å². The van der Waals surface area contributed by atoms with Crippen LogP contribution in [0.2, 0.25) is 0 Å². The molecular weight excluding hydrogens is 718 g/mol. The highest BCUT2D eigenvalue weighted by atomic mass is 16.7. The molecule has 1 amide bonds. The predicted molar refractivity (Wildman–Crippen MR) is 211 cm³/mol. The van der Waals surface area contributed by atoms with Crippen LogP contribution in [0.25, 0.3) is 0 Å². The number of esters is 1. The first-order valence-corrected chi connectivity index (χ1v) is 20.5. The Bertz CT molecular complexity index is 1490. The Hall–Kier alpha value is -3.00. The van der Waals surface area contributed by atoms with Crippen LogP contribution in [0.1, 0.15) is 98.8 Å². The van der Waals surface area contributed by atoms with Crippen molar-refractivity contribution in [2.24, 2.45) is 29.6 Å². The van der Waals surface area contributed by atoms with Gasteiger partial charge in [0, 0.05) is 45.6 Å². The zero-order valence-corrected chi connectivity index (χ0v) is 34.8. The van der Waals surface area contributed by atoms with Crippen LogP contribution in [-0.4, -0.2) is 115 Å². The fourth-order valence-corrected chi connectivity index (χ4v) is 9.12. The number of allylic oxidation sites excluding steroid dienone is 5. The van der Waals surface area contributed by atoms with Gasteiger partial charge in [-0.05, 0) is 102 Å². The molecule has 12 nitrogen and oxygen atoms in total. The lowest BCUT2D eigenvalue weighted by Gasteiger charge is -2.47. The molecule has 0 aromatic heterocycles. The highest BCUT2D eigenvalue weighted by Gasteiger charge is 2.56. The Kier molecular flexibility index (Phi) is 16.8. The molecule has 0 radical (unpaired) electrons. The number of aliphatic hydroxyl groups is 2. The minimum atomic E-state index is -2.48. The number of nitrogens with zero attached hydrogens (tertiary/aromatic N) is 1. The van der Waals surface area contributed by atoms with Crippen molar-refractivity contribution in [3.63, 3.8) is 0 Å². The Labute approximate surface area is 333 Å². The normalized spacial score (nSPS) is 38.9. The SMILES string of the molecule is C=CCC1C=C(C)CC(C)CC(OC)C2OC(O)(C(=O)C(=O)N3CCCCC3C(=O)OC(/C(C)=C/C3CCC(O)C(OC)C3)C(C)C=CC1=O)C(C)CC2OC. The summed E-state index contributed by atoms with van der Waals surface area (Å²) in [6.07, 6.45) is 10.5. The van der Waals surface area contributed by atoms with Crippen LogP contribution in [0.4, 0.5) is 0 Å². The van der Waals surface area contributed by atoms with Gasteiger partial charge in [0.05, 0.1) is 24.4 Å². The molecule has 2 bridgehead atoms. The number of aliphatic hydroxyl groups excluding tert-OH is 1. The molecule has 0 aromatic carbocycles. The van der Waals surface area contributed by atoms with Gasteiger partial charge in [-0.1, -0.05) is 50.6 Å². The number of hydrogen-bond acceptors (Lipinski definition) is 11. The second-order valence-corrected chi connectivity index (χ2v) is 16.8. The summed E-state index contributed by atoms with van der Waals surface area (Å²) in [4.78, 5) is 57.6. The number of carbonyl (C=O) groups excluding carboxylic acids is 4. The molecule has 13 atom stereocenters. The van der Waals surface area contributed by atoms with Crippen LogP contribution in [0.5, 0.6) is 0 Å². The maximum absolute atomic E-state index is 14.3. The van der Waals surface area contributed by atoms with Crippen LogP contribution >= 0.6 is 0 Å². The van der Waals surface area contributed by atoms with E-state index in [1.54, 1.807) is 32.3 Å². The van der Waals surface area contributed by atoms with E-state index in [9.17, 15) is 29.4 Å². The monoisotopic (exact) mass is 785 g/mol. The molecule has 2 N–H and O–H groups in total. The summed E-state index contributed by atoms with van der Waals surface area (Å²) >= 11 is 0. The number of methoxy groups -OCH3 is 3. The summed E-state index contributed by atoms with van der Waals surface area (Å²) < 4.78 is 29.8. The van der Waals surface area contributed by atoms with Crippen molar-refractivity contribution in [1.29, 1.82) is 0 Å². The van der Waals surface area contributed by atoms with E-state index in [0.29, 0.717) is 44.9 Å². The van der Waals surface area contributed by atoms with Gasteiger partial charge in [0.15, 0.2) is 5.78 Å². The molecule has 2 saturated heterocycles. The van der Waals surface area contributed by atoms with Crippen molar-refractivity contribution in [3.05, 3.63) is 48.1 Å². The predicted octanol–water partition coefficient (Wildman–Crippen LogP) is 5.44. The molecule has 3 aliphatic heterocycles. The third kappa shape index (κ3) is 10.9. The van der Waals surface area contributed by atoms with E-state index in [0.717, 1.165) is 17.6 Å². The number of ether oxygens (including phenoxy) is 5. The maximum Gasteiger partial charge on any atom is 0.329 e. The minimum Gasteiger partial charge on any atom is -0.456 e. The van der Waals surface area contributed by atoms with E-state index in [-0.39, 0.29) is 43.1 Å². The molecule has 12 heteroatoms. The smallest absolute Gasteiger partial charge is 0.329 e. The zero-order valence-electron chi connectivity index (χ0n) is 34.8. The topological polar surface area (TPSA) is 158 Å². The summed E-state index contributed by atoms with van der Waals surface area (Å²) in [5.41, 5.74) is 1.77. The molecule has 314 valence electrons. The molecule has 0 spiro atoms. The zero-order chi connectivity index (χ0) is 41.3. The van der Waals surface area contributed by atoms with Gasteiger partial charge < -0.3 is 38.8 Å². The number of rotatable bonds is 7. The van der Waals surface area contributed by atoms with Crippen molar-refractivity contribution in [2.45, 2.75) is 147 Å². The summed E-state index contributed by atoms with van der Waals surface area (Å²) in [6.45, 7) is 13.5. The summed E-state index contributed by atoms with van der Waals surface area (Å²) in [7, 11) is 4.66. The third-order valence-corrected chi connectivity index (χ3v) is 12.4. The number of Topliss-reactive ketones (excluding diaryl/α,β-unsaturated/α-hetero) is 1. The van der Waals surface area contributed by atoms with Crippen LogP contribution in [0.15, 0.2) is 48.1 Å². The molecule has 4 rings (SSSR count).